The zero-order valence-electron chi connectivity index (χ0n) is 14.6. The summed E-state index contributed by atoms with van der Waals surface area (Å²) in [5.41, 5.74) is 2.13. The van der Waals surface area contributed by atoms with Crippen LogP contribution >= 0.6 is 0 Å². The number of piperidine rings is 1. The summed E-state index contributed by atoms with van der Waals surface area (Å²) in [4.78, 5) is 9.83. The predicted molar refractivity (Wildman–Crippen MR) is 96.2 cm³/mol. The van der Waals surface area contributed by atoms with Crippen LogP contribution in [-0.2, 0) is 9.47 Å². The fourth-order valence-electron chi connectivity index (χ4n) is 4.63. The summed E-state index contributed by atoms with van der Waals surface area (Å²) < 4.78 is 11.3. The summed E-state index contributed by atoms with van der Waals surface area (Å²) in [5, 5.41) is 8.44. The van der Waals surface area contributed by atoms with Crippen molar-refractivity contribution in [3.05, 3.63) is 12.3 Å². The van der Waals surface area contributed by atoms with E-state index in [4.69, 9.17) is 14.5 Å². The zero-order valence-corrected chi connectivity index (χ0v) is 14.6. The number of fused-ring (bicyclic) bond motifs is 3. The van der Waals surface area contributed by atoms with Gasteiger partial charge < -0.3 is 19.3 Å². The highest BCUT2D eigenvalue weighted by atomic mass is 16.5. The van der Waals surface area contributed by atoms with Crippen molar-refractivity contribution in [1.29, 1.82) is 0 Å². The second-order valence-electron chi connectivity index (χ2n) is 7.38. The van der Waals surface area contributed by atoms with Crippen molar-refractivity contribution in [2.24, 2.45) is 0 Å². The summed E-state index contributed by atoms with van der Waals surface area (Å²) in [6.45, 7) is 3.65. The van der Waals surface area contributed by atoms with Crippen molar-refractivity contribution in [1.82, 2.24) is 15.2 Å². The van der Waals surface area contributed by atoms with Gasteiger partial charge in [-0.15, -0.1) is 0 Å². The minimum atomic E-state index is 0.382. The van der Waals surface area contributed by atoms with E-state index in [9.17, 15) is 0 Å². The number of anilines is 2. The minimum Gasteiger partial charge on any atom is -0.381 e. The van der Waals surface area contributed by atoms with Crippen LogP contribution in [0.1, 0.15) is 25.7 Å². The maximum atomic E-state index is 5.74. The number of aromatic nitrogens is 3. The Hall–Kier alpha value is -1.86. The molecule has 3 fully saturated rings. The molecule has 2 bridgehead atoms. The average molecular weight is 343 g/mol. The van der Waals surface area contributed by atoms with Gasteiger partial charge in [0.15, 0.2) is 5.65 Å². The van der Waals surface area contributed by atoms with Gasteiger partial charge in [-0.25, -0.2) is 4.98 Å². The van der Waals surface area contributed by atoms with Gasteiger partial charge in [-0.3, -0.25) is 5.10 Å². The fraction of sp³-hybridized carbons (Fsp3) is 0.667. The van der Waals surface area contributed by atoms with Gasteiger partial charge >= 0.3 is 0 Å². The van der Waals surface area contributed by atoms with E-state index in [1.54, 1.807) is 0 Å². The van der Waals surface area contributed by atoms with Crippen LogP contribution in [0, 0.1) is 0 Å². The molecule has 0 amide bonds. The van der Waals surface area contributed by atoms with Crippen LogP contribution in [0.2, 0.25) is 0 Å². The van der Waals surface area contributed by atoms with Gasteiger partial charge in [-0.1, -0.05) is 0 Å². The number of aromatic amines is 1. The van der Waals surface area contributed by atoms with Gasteiger partial charge in [0.2, 0.25) is 0 Å². The average Bonchev–Trinajstić information content (AvgIpc) is 3.22. The van der Waals surface area contributed by atoms with E-state index < -0.39 is 0 Å². The molecule has 3 saturated heterocycles. The second-order valence-corrected chi connectivity index (χ2v) is 7.38. The first-order valence-corrected chi connectivity index (χ1v) is 9.31. The molecule has 0 aromatic carbocycles. The Morgan fingerprint density at radius 1 is 1.16 bits per heavy atom. The summed E-state index contributed by atoms with van der Waals surface area (Å²) in [7, 11) is 1.81. The normalized spacial score (nSPS) is 27.4. The van der Waals surface area contributed by atoms with Crippen molar-refractivity contribution in [2.75, 3.05) is 43.2 Å². The molecule has 5 rings (SSSR count). The Labute approximate surface area is 147 Å². The predicted octanol–water partition coefficient (Wildman–Crippen LogP) is 1.94. The molecule has 0 saturated carbocycles. The van der Waals surface area contributed by atoms with E-state index in [0.29, 0.717) is 18.2 Å². The molecule has 2 atom stereocenters. The van der Waals surface area contributed by atoms with Gasteiger partial charge in [0.05, 0.1) is 48.7 Å². The van der Waals surface area contributed by atoms with E-state index in [1.165, 1.54) is 18.5 Å². The topological polar surface area (TPSA) is 66.5 Å². The van der Waals surface area contributed by atoms with E-state index in [1.807, 2.05) is 13.3 Å². The SMILES string of the molecule is COC1CCN(c2cc(N3C4CCC3COC4)nc3[nH]ncc23)CC1. The van der Waals surface area contributed by atoms with Crippen LogP contribution < -0.4 is 9.80 Å². The third-order valence-electron chi connectivity index (χ3n) is 6.01. The van der Waals surface area contributed by atoms with Crippen molar-refractivity contribution < 1.29 is 9.47 Å². The summed E-state index contributed by atoms with van der Waals surface area (Å²) in [6, 6.07) is 3.18. The van der Waals surface area contributed by atoms with Crippen LogP contribution in [0.3, 0.4) is 0 Å². The molecular weight excluding hydrogens is 318 g/mol. The number of rotatable bonds is 3. The second kappa shape index (κ2) is 6.14. The summed E-state index contributed by atoms with van der Waals surface area (Å²) in [5.74, 6) is 1.07. The van der Waals surface area contributed by atoms with Gasteiger partial charge in [-0.05, 0) is 25.7 Å². The number of hydrogen-bond donors (Lipinski definition) is 1. The first kappa shape index (κ1) is 15.4. The van der Waals surface area contributed by atoms with E-state index in [2.05, 4.69) is 26.1 Å². The summed E-state index contributed by atoms with van der Waals surface area (Å²) >= 11 is 0. The van der Waals surface area contributed by atoms with Crippen LogP contribution in [0.25, 0.3) is 11.0 Å². The number of pyridine rings is 1. The number of methoxy groups -OCH3 is 1. The zero-order chi connectivity index (χ0) is 16.8. The van der Waals surface area contributed by atoms with Crippen LogP contribution in [0.5, 0.6) is 0 Å². The molecule has 25 heavy (non-hydrogen) atoms. The molecule has 2 aromatic rings. The Bertz CT molecular complexity index is 739. The van der Waals surface area contributed by atoms with Crippen LogP contribution in [0.15, 0.2) is 12.3 Å². The van der Waals surface area contributed by atoms with Gasteiger partial charge in [0.25, 0.3) is 0 Å². The lowest BCUT2D eigenvalue weighted by Gasteiger charge is -2.37. The third-order valence-corrected chi connectivity index (χ3v) is 6.01. The number of morpholine rings is 1. The van der Waals surface area contributed by atoms with Crippen molar-refractivity contribution in [3.8, 4) is 0 Å². The molecule has 3 aliphatic rings. The molecule has 0 radical (unpaired) electrons. The highest BCUT2D eigenvalue weighted by Crippen LogP contribution is 2.37. The maximum absolute atomic E-state index is 5.74. The number of ether oxygens (including phenoxy) is 2. The molecule has 5 heterocycles. The molecule has 2 aromatic heterocycles. The molecule has 134 valence electrons. The van der Waals surface area contributed by atoms with Crippen LogP contribution in [0.4, 0.5) is 11.5 Å². The molecule has 1 N–H and O–H groups in total. The Kier molecular flexibility index (Phi) is 3.78. The van der Waals surface area contributed by atoms with E-state index in [-0.39, 0.29) is 0 Å². The van der Waals surface area contributed by atoms with Crippen molar-refractivity contribution in [2.45, 2.75) is 43.9 Å². The van der Waals surface area contributed by atoms with Gasteiger partial charge in [-0.2, -0.15) is 5.10 Å². The maximum Gasteiger partial charge on any atom is 0.159 e. The summed E-state index contributed by atoms with van der Waals surface area (Å²) in [6.07, 6.45) is 6.81. The third kappa shape index (κ3) is 2.57. The Balaban J connectivity index is 1.51. The molecule has 0 spiro atoms. The lowest BCUT2D eigenvalue weighted by molar-refractivity contribution is 0.0819. The number of nitrogens with zero attached hydrogens (tertiary/aromatic N) is 4. The quantitative estimate of drug-likeness (QED) is 0.919. The van der Waals surface area contributed by atoms with Gasteiger partial charge in [0.1, 0.15) is 5.82 Å². The molecule has 0 aliphatic carbocycles. The van der Waals surface area contributed by atoms with Crippen molar-refractivity contribution in [3.63, 3.8) is 0 Å². The molecule has 3 aliphatic heterocycles. The van der Waals surface area contributed by atoms with E-state index >= 15 is 0 Å². The first-order chi connectivity index (χ1) is 12.3. The standard InChI is InChI=1S/C18H25N5O2/c1-24-14-4-6-22(7-5-14)16-8-17(20-18-15(16)9-19-21-18)23-12-2-3-13(23)11-25-10-12/h8-9,12-14H,2-7,10-11H2,1H3,(H,19,20,21). The first-order valence-electron chi connectivity index (χ1n) is 9.31. The lowest BCUT2D eigenvalue weighted by atomic mass is 10.1. The lowest BCUT2D eigenvalue weighted by Crippen LogP contribution is -2.46. The molecule has 7 heteroatoms. The Morgan fingerprint density at radius 3 is 2.64 bits per heavy atom. The Morgan fingerprint density at radius 2 is 1.92 bits per heavy atom. The number of H-pyrrole nitrogens is 1. The molecular formula is C18H25N5O2. The largest absolute Gasteiger partial charge is 0.381 e. The monoisotopic (exact) mass is 343 g/mol. The smallest absolute Gasteiger partial charge is 0.159 e. The molecule has 7 nitrogen and oxygen atoms in total. The van der Waals surface area contributed by atoms with Gasteiger partial charge in [0, 0.05) is 26.3 Å². The van der Waals surface area contributed by atoms with Crippen molar-refractivity contribution >= 4 is 22.5 Å². The van der Waals surface area contributed by atoms with Crippen LogP contribution in [-0.4, -0.2) is 66.8 Å². The highest BCUT2D eigenvalue weighted by Gasteiger charge is 2.38. The highest BCUT2D eigenvalue weighted by molar-refractivity contribution is 5.91. The number of nitrogens with one attached hydrogen (secondary N) is 1. The number of hydrogen-bond acceptors (Lipinski definition) is 6. The molecule has 2 unspecified atom stereocenters. The minimum absolute atomic E-state index is 0.382. The van der Waals surface area contributed by atoms with E-state index in [0.717, 1.165) is 56.0 Å². The fourth-order valence-corrected chi connectivity index (χ4v) is 4.63.